The SMILES string of the molecule is Cc1nsc(NC(=O)c2ccc(I)c(O)c2)n1. The smallest absolute Gasteiger partial charge is 0.257 e. The van der Waals surface area contributed by atoms with Gasteiger partial charge >= 0.3 is 0 Å². The van der Waals surface area contributed by atoms with E-state index < -0.39 is 0 Å². The zero-order valence-electron chi connectivity index (χ0n) is 8.77. The van der Waals surface area contributed by atoms with Crippen LogP contribution in [-0.4, -0.2) is 20.4 Å². The van der Waals surface area contributed by atoms with Crippen LogP contribution in [0.2, 0.25) is 0 Å². The fourth-order valence-electron chi connectivity index (χ4n) is 1.17. The van der Waals surface area contributed by atoms with Crippen LogP contribution in [0.15, 0.2) is 18.2 Å². The molecule has 0 aliphatic carbocycles. The Morgan fingerprint density at radius 1 is 1.53 bits per heavy atom. The van der Waals surface area contributed by atoms with Crippen molar-refractivity contribution in [3.8, 4) is 5.75 Å². The summed E-state index contributed by atoms with van der Waals surface area (Å²) in [5.41, 5.74) is 0.385. The van der Waals surface area contributed by atoms with Crippen molar-refractivity contribution in [2.45, 2.75) is 6.92 Å². The predicted molar refractivity (Wildman–Crippen MR) is 73.4 cm³/mol. The van der Waals surface area contributed by atoms with Crippen molar-refractivity contribution in [1.29, 1.82) is 0 Å². The summed E-state index contributed by atoms with van der Waals surface area (Å²) >= 11 is 3.11. The third-order valence-corrected chi connectivity index (χ3v) is 3.59. The van der Waals surface area contributed by atoms with E-state index in [4.69, 9.17) is 0 Å². The van der Waals surface area contributed by atoms with E-state index in [9.17, 15) is 9.90 Å². The molecule has 1 aromatic carbocycles. The lowest BCUT2D eigenvalue weighted by Crippen LogP contribution is -2.11. The molecule has 0 aliphatic heterocycles. The minimum Gasteiger partial charge on any atom is -0.507 e. The number of halogens is 1. The maximum Gasteiger partial charge on any atom is 0.257 e. The molecule has 0 bridgehead atoms. The maximum atomic E-state index is 11.8. The van der Waals surface area contributed by atoms with E-state index in [-0.39, 0.29) is 11.7 Å². The number of aromatic hydroxyl groups is 1. The second-order valence-electron chi connectivity index (χ2n) is 3.27. The van der Waals surface area contributed by atoms with Crippen LogP contribution >= 0.6 is 34.1 Å². The summed E-state index contributed by atoms with van der Waals surface area (Å²) in [7, 11) is 0. The molecule has 7 heteroatoms. The van der Waals surface area contributed by atoms with Crippen molar-refractivity contribution in [3.05, 3.63) is 33.2 Å². The van der Waals surface area contributed by atoms with E-state index >= 15 is 0 Å². The van der Waals surface area contributed by atoms with Gasteiger partial charge in [0, 0.05) is 17.1 Å². The van der Waals surface area contributed by atoms with Crippen molar-refractivity contribution in [2.24, 2.45) is 0 Å². The van der Waals surface area contributed by atoms with Crippen LogP contribution in [-0.2, 0) is 0 Å². The number of hydrogen-bond acceptors (Lipinski definition) is 5. The number of nitrogens with zero attached hydrogens (tertiary/aromatic N) is 2. The molecule has 0 spiro atoms. The molecule has 0 fully saturated rings. The summed E-state index contributed by atoms with van der Waals surface area (Å²) in [5.74, 6) is 0.398. The molecule has 0 radical (unpaired) electrons. The van der Waals surface area contributed by atoms with Gasteiger partial charge in [0.1, 0.15) is 11.6 Å². The number of nitrogens with one attached hydrogen (secondary N) is 1. The Morgan fingerprint density at radius 3 is 2.88 bits per heavy atom. The third kappa shape index (κ3) is 2.91. The van der Waals surface area contributed by atoms with Crippen molar-refractivity contribution in [2.75, 3.05) is 5.32 Å². The number of hydrogen-bond donors (Lipinski definition) is 2. The number of aromatic nitrogens is 2. The third-order valence-electron chi connectivity index (χ3n) is 1.96. The van der Waals surface area contributed by atoms with Gasteiger partial charge in [-0.3, -0.25) is 10.1 Å². The van der Waals surface area contributed by atoms with Gasteiger partial charge in [0.25, 0.3) is 5.91 Å². The highest BCUT2D eigenvalue weighted by Gasteiger charge is 2.10. The van der Waals surface area contributed by atoms with Crippen LogP contribution in [0.4, 0.5) is 5.13 Å². The molecule has 5 nitrogen and oxygen atoms in total. The Balaban J connectivity index is 2.17. The molecule has 2 N–H and O–H groups in total. The summed E-state index contributed by atoms with van der Waals surface area (Å²) in [6.07, 6.45) is 0. The van der Waals surface area contributed by atoms with Gasteiger partial charge in [-0.15, -0.1) is 0 Å². The number of benzene rings is 1. The van der Waals surface area contributed by atoms with Gasteiger partial charge in [-0.05, 0) is 47.7 Å². The first-order chi connectivity index (χ1) is 8.06. The molecule has 17 heavy (non-hydrogen) atoms. The van der Waals surface area contributed by atoms with Crippen LogP contribution in [0.3, 0.4) is 0 Å². The zero-order valence-corrected chi connectivity index (χ0v) is 11.7. The fourth-order valence-corrected chi connectivity index (χ4v) is 2.08. The number of amides is 1. The minimum atomic E-state index is -0.312. The Kier molecular flexibility index (Phi) is 3.57. The monoisotopic (exact) mass is 361 g/mol. The minimum absolute atomic E-state index is 0.0895. The Hall–Kier alpha value is -1.22. The van der Waals surface area contributed by atoms with E-state index in [1.54, 1.807) is 19.1 Å². The average molecular weight is 361 g/mol. The van der Waals surface area contributed by atoms with E-state index in [1.165, 1.54) is 6.07 Å². The molecule has 0 saturated heterocycles. The van der Waals surface area contributed by atoms with Gasteiger partial charge in [-0.2, -0.15) is 4.37 Å². The number of aryl methyl sites for hydroxylation is 1. The number of carbonyl (C=O) groups excluding carboxylic acids is 1. The second-order valence-corrected chi connectivity index (χ2v) is 5.18. The van der Waals surface area contributed by atoms with Crippen LogP contribution < -0.4 is 5.32 Å². The van der Waals surface area contributed by atoms with E-state index in [0.717, 1.165) is 11.5 Å². The lowest BCUT2D eigenvalue weighted by atomic mass is 10.2. The number of phenolic OH excluding ortho intramolecular Hbond substituents is 1. The van der Waals surface area contributed by atoms with Gasteiger partial charge < -0.3 is 5.11 Å². The number of anilines is 1. The summed E-state index contributed by atoms with van der Waals surface area (Å²) in [6, 6.07) is 4.74. The number of phenols is 1. The zero-order chi connectivity index (χ0) is 12.4. The standard InChI is InChI=1S/C10H8IN3O2S/c1-5-12-10(17-14-5)13-9(16)6-2-3-7(11)8(15)4-6/h2-4,15H,1H3,(H,12,13,14,16). The van der Waals surface area contributed by atoms with Crippen molar-refractivity contribution in [1.82, 2.24) is 9.36 Å². The maximum absolute atomic E-state index is 11.8. The predicted octanol–water partition coefficient (Wildman–Crippen LogP) is 2.41. The van der Waals surface area contributed by atoms with E-state index in [2.05, 4.69) is 14.7 Å². The lowest BCUT2D eigenvalue weighted by molar-refractivity contribution is 0.102. The Labute approximate surface area is 115 Å². The molecule has 88 valence electrons. The van der Waals surface area contributed by atoms with Crippen LogP contribution in [0, 0.1) is 10.5 Å². The second kappa shape index (κ2) is 4.96. The molecular formula is C10H8IN3O2S. The Morgan fingerprint density at radius 2 is 2.29 bits per heavy atom. The lowest BCUT2D eigenvalue weighted by Gasteiger charge is -2.02. The van der Waals surface area contributed by atoms with Crippen molar-refractivity contribution >= 4 is 45.2 Å². The highest BCUT2D eigenvalue weighted by molar-refractivity contribution is 14.1. The summed E-state index contributed by atoms with van der Waals surface area (Å²) in [5, 5.41) is 12.6. The van der Waals surface area contributed by atoms with Crippen molar-refractivity contribution in [3.63, 3.8) is 0 Å². The van der Waals surface area contributed by atoms with Crippen LogP contribution in [0.5, 0.6) is 5.75 Å². The van der Waals surface area contributed by atoms with Gasteiger partial charge in [0.05, 0.1) is 3.57 Å². The summed E-state index contributed by atoms with van der Waals surface area (Å²) < 4.78 is 4.66. The molecule has 1 heterocycles. The number of rotatable bonds is 2. The van der Waals surface area contributed by atoms with E-state index in [0.29, 0.717) is 20.1 Å². The average Bonchev–Trinajstić information content (AvgIpc) is 2.68. The van der Waals surface area contributed by atoms with Crippen LogP contribution in [0.1, 0.15) is 16.2 Å². The summed E-state index contributed by atoms with van der Waals surface area (Å²) in [6.45, 7) is 1.75. The largest absolute Gasteiger partial charge is 0.507 e. The van der Waals surface area contributed by atoms with Crippen LogP contribution in [0.25, 0.3) is 0 Å². The van der Waals surface area contributed by atoms with Gasteiger partial charge in [0.2, 0.25) is 5.13 Å². The summed E-state index contributed by atoms with van der Waals surface area (Å²) in [4.78, 5) is 15.8. The van der Waals surface area contributed by atoms with E-state index in [1.807, 2.05) is 22.6 Å². The number of carbonyl (C=O) groups is 1. The molecule has 1 aromatic heterocycles. The van der Waals surface area contributed by atoms with Crippen molar-refractivity contribution < 1.29 is 9.90 Å². The first-order valence-corrected chi connectivity index (χ1v) is 6.51. The molecule has 2 rings (SSSR count). The quantitative estimate of drug-likeness (QED) is 0.806. The van der Waals surface area contributed by atoms with Gasteiger partial charge in [-0.1, -0.05) is 0 Å². The van der Waals surface area contributed by atoms with Gasteiger partial charge in [0.15, 0.2) is 0 Å². The molecule has 0 aliphatic rings. The fraction of sp³-hybridized carbons (Fsp3) is 0.100. The molecule has 0 saturated carbocycles. The Bertz CT molecular complexity index is 570. The van der Waals surface area contributed by atoms with Gasteiger partial charge in [-0.25, -0.2) is 4.98 Å². The molecule has 2 aromatic rings. The topological polar surface area (TPSA) is 75.1 Å². The highest BCUT2D eigenvalue weighted by Crippen LogP contribution is 2.21. The first-order valence-electron chi connectivity index (χ1n) is 4.66. The first kappa shape index (κ1) is 12.2. The molecular weight excluding hydrogens is 353 g/mol. The molecule has 0 unspecified atom stereocenters. The normalized spacial score (nSPS) is 10.2. The molecule has 1 amide bonds. The highest BCUT2D eigenvalue weighted by atomic mass is 127. The molecule has 0 atom stereocenters.